The van der Waals surface area contributed by atoms with Gasteiger partial charge in [0.2, 0.25) is 0 Å². The molecule has 0 bridgehead atoms. The fraction of sp³-hybridized carbons (Fsp3) is 0.485. The van der Waals surface area contributed by atoms with E-state index in [0.717, 1.165) is 71.7 Å². The van der Waals surface area contributed by atoms with Crippen LogP contribution in [0.1, 0.15) is 72.7 Å². The second-order valence-corrected chi connectivity index (χ2v) is 15.1. The molecule has 4 aliphatic carbocycles. The molecule has 2 aromatic heterocycles. The van der Waals surface area contributed by atoms with Crippen molar-refractivity contribution in [2.24, 2.45) is 22.7 Å². The van der Waals surface area contributed by atoms with Crippen LogP contribution in [0.2, 0.25) is 10.0 Å². The minimum Gasteiger partial charge on any atom is -0.476 e. The SMILES string of the molecule is O=C(O)c1nsc2cc(N3CC4C5(CC(OCc6c(-c7c(Cl)cccc7Cl)noc6C6CC6)C5)C5CCCC54C3)ccc12. The third-order valence-electron chi connectivity index (χ3n) is 11.5. The molecular weight excluding hydrogens is 605 g/mol. The van der Waals surface area contributed by atoms with Crippen LogP contribution in [0, 0.1) is 22.7 Å². The fourth-order valence-electron chi connectivity index (χ4n) is 9.59. The van der Waals surface area contributed by atoms with E-state index in [4.69, 9.17) is 32.5 Å². The van der Waals surface area contributed by atoms with E-state index < -0.39 is 5.97 Å². The van der Waals surface area contributed by atoms with Crippen LogP contribution in [0.4, 0.5) is 5.69 Å². The lowest BCUT2D eigenvalue weighted by molar-refractivity contribution is -0.248. The number of hydrogen-bond donors (Lipinski definition) is 1. The maximum Gasteiger partial charge on any atom is 0.356 e. The molecule has 0 radical (unpaired) electrons. The van der Waals surface area contributed by atoms with Crippen LogP contribution < -0.4 is 4.90 Å². The fourth-order valence-corrected chi connectivity index (χ4v) is 11.0. The number of ether oxygens (including phenoxy) is 1. The van der Waals surface area contributed by atoms with Crippen LogP contribution >= 0.6 is 34.7 Å². The lowest BCUT2D eigenvalue weighted by Gasteiger charge is -2.70. The molecule has 43 heavy (non-hydrogen) atoms. The van der Waals surface area contributed by atoms with Crippen LogP contribution in [0.25, 0.3) is 21.3 Å². The highest BCUT2D eigenvalue weighted by molar-refractivity contribution is 7.13. The maximum absolute atomic E-state index is 11.5. The van der Waals surface area contributed by atoms with Crippen molar-refractivity contribution in [3.63, 3.8) is 0 Å². The van der Waals surface area contributed by atoms with Gasteiger partial charge in [0.05, 0.1) is 27.5 Å². The number of benzene rings is 2. The highest BCUT2D eigenvalue weighted by Gasteiger charge is 2.77. The predicted octanol–water partition coefficient (Wildman–Crippen LogP) is 8.44. The van der Waals surface area contributed by atoms with Crippen molar-refractivity contribution in [2.75, 3.05) is 18.0 Å². The molecule has 2 spiro atoms. The average Bonchev–Trinajstić information content (AvgIpc) is 3.28. The lowest BCUT2D eigenvalue weighted by atomic mass is 9.34. The zero-order valence-corrected chi connectivity index (χ0v) is 25.9. The predicted molar refractivity (Wildman–Crippen MR) is 166 cm³/mol. The second kappa shape index (κ2) is 9.43. The summed E-state index contributed by atoms with van der Waals surface area (Å²) in [6.07, 6.45) is 8.62. The molecule has 1 saturated heterocycles. The highest BCUT2D eigenvalue weighted by Crippen LogP contribution is 2.79. The summed E-state index contributed by atoms with van der Waals surface area (Å²) >= 11 is 14.4. The topological polar surface area (TPSA) is 88.7 Å². The number of aromatic nitrogens is 2. The van der Waals surface area contributed by atoms with Gasteiger partial charge in [-0.05, 0) is 103 Å². The molecule has 3 heterocycles. The Hall–Kier alpha value is -2.65. The normalized spacial score (nSPS) is 30.8. The van der Waals surface area contributed by atoms with E-state index in [-0.39, 0.29) is 11.8 Å². The minimum atomic E-state index is -0.966. The molecule has 3 unspecified atom stereocenters. The molecule has 4 saturated carbocycles. The number of carboxylic acid groups (broad SMARTS) is 1. The van der Waals surface area contributed by atoms with Crippen LogP contribution in [0.5, 0.6) is 0 Å². The monoisotopic (exact) mass is 635 g/mol. The molecule has 7 nitrogen and oxygen atoms in total. The smallest absolute Gasteiger partial charge is 0.356 e. The van der Waals surface area contributed by atoms with Gasteiger partial charge < -0.3 is 19.3 Å². The molecule has 1 aliphatic heterocycles. The van der Waals surface area contributed by atoms with E-state index in [1.165, 1.54) is 36.5 Å². The Balaban J connectivity index is 0.929. The van der Waals surface area contributed by atoms with Gasteiger partial charge in [0.15, 0.2) is 5.69 Å². The molecule has 9 rings (SSSR count). The average molecular weight is 637 g/mol. The highest BCUT2D eigenvalue weighted by atomic mass is 35.5. The summed E-state index contributed by atoms with van der Waals surface area (Å²) in [5.74, 6) is 1.80. The van der Waals surface area contributed by atoms with Gasteiger partial charge in [-0.15, -0.1) is 0 Å². The van der Waals surface area contributed by atoms with Crippen molar-refractivity contribution in [1.29, 1.82) is 0 Å². The van der Waals surface area contributed by atoms with Gasteiger partial charge in [-0.1, -0.05) is 40.8 Å². The third-order valence-corrected chi connectivity index (χ3v) is 12.9. The van der Waals surface area contributed by atoms with Gasteiger partial charge in [-0.3, -0.25) is 0 Å². The van der Waals surface area contributed by atoms with Crippen molar-refractivity contribution in [1.82, 2.24) is 9.53 Å². The standard InChI is InChI=1S/C33H31Cl2N3O4S/c34-22-3-1-4-23(35)27(22)28-21(30(42-36-28)17-6-7-17)15-41-19-12-33(13-19)25-5-2-10-32(25)16-38(14-26(32)33)18-8-9-20-24(11-18)43-37-29(20)31(39)40/h1,3-4,8-9,11,17,19,25-26H,2,5-7,10,12-16H2,(H,39,40). The molecule has 222 valence electrons. The first kappa shape index (κ1) is 26.7. The first-order chi connectivity index (χ1) is 20.9. The minimum absolute atomic E-state index is 0.152. The quantitative estimate of drug-likeness (QED) is 0.218. The van der Waals surface area contributed by atoms with Gasteiger partial charge in [0.1, 0.15) is 11.5 Å². The van der Waals surface area contributed by atoms with E-state index in [2.05, 4.69) is 26.6 Å². The number of rotatable bonds is 7. The summed E-state index contributed by atoms with van der Waals surface area (Å²) in [5, 5.41) is 15.8. The Kier molecular flexibility index (Phi) is 5.86. The van der Waals surface area contributed by atoms with Crippen molar-refractivity contribution in [3.05, 3.63) is 63.5 Å². The second-order valence-electron chi connectivity index (χ2n) is 13.4. The Morgan fingerprint density at radius 1 is 1.12 bits per heavy atom. The van der Waals surface area contributed by atoms with Gasteiger partial charge in [-0.25, -0.2) is 4.79 Å². The number of nitrogens with zero attached hydrogens (tertiary/aromatic N) is 3. The Morgan fingerprint density at radius 3 is 2.70 bits per heavy atom. The number of hydrogen-bond acceptors (Lipinski definition) is 7. The van der Waals surface area contributed by atoms with Gasteiger partial charge in [0.25, 0.3) is 0 Å². The Labute approximate surface area is 263 Å². The van der Waals surface area contributed by atoms with Crippen molar-refractivity contribution in [2.45, 2.75) is 63.6 Å². The first-order valence-electron chi connectivity index (χ1n) is 15.3. The van der Waals surface area contributed by atoms with Crippen molar-refractivity contribution in [3.8, 4) is 11.3 Å². The molecule has 1 N–H and O–H groups in total. The van der Waals surface area contributed by atoms with Crippen LogP contribution in [-0.2, 0) is 11.3 Å². The van der Waals surface area contributed by atoms with Crippen LogP contribution in [0.15, 0.2) is 40.9 Å². The number of halogens is 2. The molecule has 0 amide bonds. The lowest BCUT2D eigenvalue weighted by Crippen LogP contribution is -2.68. The molecule has 4 aromatic rings. The van der Waals surface area contributed by atoms with E-state index in [1.54, 1.807) is 0 Å². The molecule has 3 atom stereocenters. The van der Waals surface area contributed by atoms with E-state index in [9.17, 15) is 9.90 Å². The van der Waals surface area contributed by atoms with Crippen molar-refractivity contribution < 1.29 is 19.2 Å². The largest absolute Gasteiger partial charge is 0.476 e. The molecule has 2 aromatic carbocycles. The molecular formula is C33H31Cl2N3O4S. The molecule has 5 fully saturated rings. The maximum atomic E-state index is 11.5. The zero-order chi connectivity index (χ0) is 29.1. The van der Waals surface area contributed by atoms with E-state index in [1.807, 2.05) is 24.3 Å². The van der Waals surface area contributed by atoms with Crippen LogP contribution in [0.3, 0.4) is 0 Å². The molecule has 10 heteroatoms. The summed E-state index contributed by atoms with van der Waals surface area (Å²) in [4.78, 5) is 14.1. The Morgan fingerprint density at radius 2 is 1.93 bits per heavy atom. The Bertz CT molecular complexity index is 1770. The van der Waals surface area contributed by atoms with Crippen LogP contribution in [-0.4, -0.2) is 39.8 Å². The summed E-state index contributed by atoms with van der Waals surface area (Å²) in [6.45, 7) is 2.62. The van der Waals surface area contributed by atoms with Gasteiger partial charge in [-0.2, -0.15) is 4.37 Å². The molecule has 5 aliphatic rings. The number of aromatic carboxylic acids is 1. The summed E-state index contributed by atoms with van der Waals surface area (Å²) in [7, 11) is 0. The summed E-state index contributed by atoms with van der Waals surface area (Å²) in [5.41, 5.74) is 4.55. The first-order valence-corrected chi connectivity index (χ1v) is 16.8. The number of fused-ring (bicyclic) bond motifs is 3. The van der Waals surface area contributed by atoms with Crippen molar-refractivity contribution >= 4 is 56.5 Å². The van der Waals surface area contributed by atoms with Gasteiger partial charge in [0, 0.05) is 41.2 Å². The number of anilines is 1. The van der Waals surface area contributed by atoms with E-state index in [0.29, 0.717) is 45.0 Å². The summed E-state index contributed by atoms with van der Waals surface area (Å²) in [6, 6.07) is 11.7. The third kappa shape index (κ3) is 3.79. The number of carbonyl (C=O) groups is 1. The summed E-state index contributed by atoms with van der Waals surface area (Å²) < 4.78 is 17.6. The van der Waals surface area contributed by atoms with E-state index >= 15 is 0 Å². The van der Waals surface area contributed by atoms with Gasteiger partial charge >= 0.3 is 5.97 Å². The zero-order valence-electron chi connectivity index (χ0n) is 23.5. The number of carboxylic acids is 1.